The zero-order valence-electron chi connectivity index (χ0n) is 18.2. The predicted molar refractivity (Wildman–Crippen MR) is 119 cm³/mol. The van der Waals surface area contributed by atoms with Crippen LogP contribution in [0.1, 0.15) is 42.4 Å². The first-order valence-electron chi connectivity index (χ1n) is 10.7. The van der Waals surface area contributed by atoms with Gasteiger partial charge in [-0.2, -0.15) is 5.26 Å². The van der Waals surface area contributed by atoms with Gasteiger partial charge in [0.05, 0.1) is 18.7 Å². The lowest BCUT2D eigenvalue weighted by Gasteiger charge is -2.31. The maximum atomic E-state index is 13.0. The van der Waals surface area contributed by atoms with Gasteiger partial charge in [-0.05, 0) is 42.7 Å². The Kier molecular flexibility index (Phi) is 6.41. The Morgan fingerprint density at radius 2 is 1.88 bits per heavy atom. The lowest BCUT2D eigenvalue weighted by Crippen LogP contribution is -2.57. The molecule has 0 spiro atoms. The number of amides is 4. The van der Waals surface area contributed by atoms with Crippen molar-refractivity contribution in [2.24, 2.45) is 0 Å². The third kappa shape index (κ3) is 4.58. The number of hydrogen-bond donors (Lipinski definition) is 1. The van der Waals surface area contributed by atoms with Crippen LogP contribution in [0.15, 0.2) is 48.0 Å². The summed E-state index contributed by atoms with van der Waals surface area (Å²) in [6.45, 7) is 0.180. The smallest absolute Gasteiger partial charge is 0.331 e. The van der Waals surface area contributed by atoms with Gasteiger partial charge in [0, 0.05) is 11.6 Å². The summed E-state index contributed by atoms with van der Waals surface area (Å²) < 4.78 is 11.3. The summed E-state index contributed by atoms with van der Waals surface area (Å²) in [5.41, 5.74) is 1.73. The van der Waals surface area contributed by atoms with Crippen molar-refractivity contribution in [2.75, 3.05) is 7.11 Å². The Morgan fingerprint density at radius 3 is 2.61 bits per heavy atom. The Morgan fingerprint density at radius 1 is 1.12 bits per heavy atom. The molecule has 0 unspecified atom stereocenters. The van der Waals surface area contributed by atoms with Crippen molar-refractivity contribution in [3.8, 4) is 17.6 Å². The lowest BCUT2D eigenvalue weighted by molar-refractivity contribution is -0.131. The van der Waals surface area contributed by atoms with E-state index in [0.717, 1.165) is 31.2 Å². The quantitative estimate of drug-likeness (QED) is 0.538. The molecule has 0 radical (unpaired) electrons. The van der Waals surface area contributed by atoms with Gasteiger partial charge in [-0.25, -0.2) is 4.79 Å². The maximum Gasteiger partial charge on any atom is 0.331 e. The molecule has 1 aliphatic carbocycles. The van der Waals surface area contributed by atoms with Gasteiger partial charge in [0.15, 0.2) is 11.5 Å². The molecular weight excluding hydrogens is 422 g/mol. The summed E-state index contributed by atoms with van der Waals surface area (Å²) in [5, 5.41) is 11.5. The first-order valence-corrected chi connectivity index (χ1v) is 10.7. The van der Waals surface area contributed by atoms with Crippen LogP contribution in [0.3, 0.4) is 0 Å². The molecule has 1 saturated carbocycles. The van der Waals surface area contributed by atoms with Crippen LogP contribution in [-0.2, 0) is 16.2 Å². The number of ether oxygens (including phenoxy) is 2. The summed E-state index contributed by atoms with van der Waals surface area (Å²) in [4.78, 5) is 38.8. The van der Waals surface area contributed by atoms with E-state index in [1.54, 1.807) is 30.3 Å². The number of hydrogen-bond acceptors (Lipinski definition) is 6. The number of methoxy groups -OCH3 is 1. The van der Waals surface area contributed by atoms with Crippen molar-refractivity contribution in [1.82, 2.24) is 10.2 Å². The Bertz CT molecular complexity index is 1170. The minimum Gasteiger partial charge on any atom is -0.493 e. The van der Waals surface area contributed by atoms with E-state index in [1.807, 2.05) is 12.1 Å². The van der Waals surface area contributed by atoms with Gasteiger partial charge in [-0.15, -0.1) is 0 Å². The van der Waals surface area contributed by atoms with Crippen LogP contribution >= 0.6 is 0 Å². The van der Waals surface area contributed by atoms with Crippen LogP contribution in [0.25, 0.3) is 6.08 Å². The van der Waals surface area contributed by atoms with Crippen LogP contribution in [0.5, 0.6) is 11.5 Å². The minimum absolute atomic E-state index is 0.0971. The van der Waals surface area contributed by atoms with E-state index < -0.39 is 17.8 Å². The summed E-state index contributed by atoms with van der Waals surface area (Å²) in [7, 11) is 1.49. The number of barbiturate groups is 1. The van der Waals surface area contributed by atoms with Crippen LogP contribution in [0.4, 0.5) is 4.79 Å². The highest BCUT2D eigenvalue weighted by molar-refractivity contribution is 6.31. The lowest BCUT2D eigenvalue weighted by atomic mass is 10.0. The van der Waals surface area contributed by atoms with Gasteiger partial charge in [0.2, 0.25) is 0 Å². The average Bonchev–Trinajstić information content (AvgIpc) is 3.35. The maximum absolute atomic E-state index is 13.0. The standard InChI is InChI=1S/C25H23N3O5/c1-32-22-13-16(10-11-21(22)33-15-18-7-3-2-6-17(18)14-26)12-20-23(29)27-25(31)28(24(20)30)19-8-4-5-9-19/h2-3,6-7,10-13,19H,4-5,8-9,15H2,1H3,(H,27,29,31)/b20-12+. The second kappa shape index (κ2) is 9.57. The highest BCUT2D eigenvalue weighted by atomic mass is 16.5. The summed E-state index contributed by atoms with van der Waals surface area (Å²) in [5.74, 6) is -0.435. The number of benzene rings is 2. The van der Waals surface area contributed by atoms with Gasteiger partial charge in [-0.3, -0.25) is 19.8 Å². The topological polar surface area (TPSA) is 109 Å². The van der Waals surface area contributed by atoms with Gasteiger partial charge in [-0.1, -0.05) is 37.1 Å². The number of carbonyl (C=O) groups excluding carboxylic acids is 3. The van der Waals surface area contributed by atoms with Crippen molar-refractivity contribution >= 4 is 23.9 Å². The minimum atomic E-state index is -0.716. The van der Waals surface area contributed by atoms with Gasteiger partial charge in [0.25, 0.3) is 11.8 Å². The van der Waals surface area contributed by atoms with Crippen LogP contribution in [-0.4, -0.2) is 35.9 Å². The molecule has 168 valence electrons. The molecule has 2 aromatic rings. The van der Waals surface area contributed by atoms with Crippen molar-refractivity contribution < 1.29 is 23.9 Å². The number of imide groups is 2. The highest BCUT2D eigenvalue weighted by Crippen LogP contribution is 2.31. The Hall–Kier alpha value is -4.12. The normalized spacial score (nSPS) is 17.8. The summed E-state index contributed by atoms with van der Waals surface area (Å²) in [6, 6.07) is 13.5. The Balaban J connectivity index is 1.56. The zero-order valence-corrected chi connectivity index (χ0v) is 18.2. The third-order valence-corrected chi connectivity index (χ3v) is 5.84. The fraction of sp³-hybridized carbons (Fsp3) is 0.280. The molecule has 4 amide bonds. The predicted octanol–water partition coefficient (Wildman–Crippen LogP) is 3.55. The molecule has 8 nitrogen and oxygen atoms in total. The second-order valence-electron chi connectivity index (χ2n) is 7.90. The number of carbonyl (C=O) groups is 3. The molecule has 0 atom stereocenters. The second-order valence-corrected chi connectivity index (χ2v) is 7.90. The highest BCUT2D eigenvalue weighted by Gasteiger charge is 2.40. The Labute approximate surface area is 191 Å². The molecule has 1 aliphatic heterocycles. The largest absolute Gasteiger partial charge is 0.493 e. The van der Waals surface area contributed by atoms with E-state index in [1.165, 1.54) is 18.1 Å². The molecule has 2 aliphatic rings. The van der Waals surface area contributed by atoms with E-state index in [9.17, 15) is 19.6 Å². The number of nitriles is 1. The molecule has 2 fully saturated rings. The van der Waals surface area contributed by atoms with Crippen molar-refractivity contribution in [3.05, 3.63) is 64.7 Å². The summed E-state index contributed by atoms with van der Waals surface area (Å²) >= 11 is 0. The van der Waals surface area contributed by atoms with Crippen LogP contribution in [0.2, 0.25) is 0 Å². The van der Waals surface area contributed by atoms with E-state index in [2.05, 4.69) is 11.4 Å². The molecule has 1 N–H and O–H groups in total. The molecular formula is C25H23N3O5. The number of nitrogens with zero attached hydrogens (tertiary/aromatic N) is 2. The molecule has 0 bridgehead atoms. The summed E-state index contributed by atoms with van der Waals surface area (Å²) in [6.07, 6.45) is 4.84. The van der Waals surface area contributed by atoms with E-state index in [4.69, 9.17) is 9.47 Å². The van der Waals surface area contributed by atoms with Gasteiger partial charge in [0.1, 0.15) is 12.2 Å². The fourth-order valence-corrected chi connectivity index (χ4v) is 4.14. The number of nitrogens with one attached hydrogen (secondary N) is 1. The van der Waals surface area contributed by atoms with Crippen LogP contribution in [0, 0.1) is 11.3 Å². The van der Waals surface area contributed by atoms with E-state index in [0.29, 0.717) is 22.6 Å². The van der Waals surface area contributed by atoms with E-state index >= 15 is 0 Å². The molecule has 0 aromatic heterocycles. The first kappa shape index (κ1) is 22.1. The molecule has 1 heterocycles. The number of urea groups is 1. The molecule has 4 rings (SSSR count). The van der Waals surface area contributed by atoms with E-state index in [-0.39, 0.29) is 18.2 Å². The average molecular weight is 445 g/mol. The van der Waals surface area contributed by atoms with Gasteiger partial charge < -0.3 is 9.47 Å². The third-order valence-electron chi connectivity index (χ3n) is 5.84. The van der Waals surface area contributed by atoms with Crippen molar-refractivity contribution in [2.45, 2.75) is 38.3 Å². The van der Waals surface area contributed by atoms with Crippen molar-refractivity contribution in [3.63, 3.8) is 0 Å². The number of rotatable bonds is 6. The van der Waals surface area contributed by atoms with Gasteiger partial charge >= 0.3 is 6.03 Å². The zero-order chi connectivity index (χ0) is 23.4. The fourth-order valence-electron chi connectivity index (χ4n) is 4.14. The van der Waals surface area contributed by atoms with Crippen molar-refractivity contribution in [1.29, 1.82) is 5.26 Å². The monoisotopic (exact) mass is 445 g/mol. The molecule has 8 heteroatoms. The molecule has 2 aromatic carbocycles. The SMILES string of the molecule is COc1cc(/C=C2\C(=O)NC(=O)N(C3CCCC3)C2=O)ccc1OCc1ccccc1C#N. The molecule has 33 heavy (non-hydrogen) atoms. The van der Waals surface area contributed by atoms with Crippen LogP contribution < -0.4 is 14.8 Å². The molecule has 1 saturated heterocycles. The first-order chi connectivity index (χ1) is 16.0.